The maximum absolute atomic E-state index is 13.5. The van der Waals surface area contributed by atoms with Crippen LogP contribution >= 0.6 is 0 Å². The first-order valence-electron chi connectivity index (χ1n) is 15.7. The molecule has 1 aromatic heterocycles. The Morgan fingerprint density at radius 2 is 1.62 bits per heavy atom. The number of hydrogen-bond donors (Lipinski definition) is 4. The molecule has 252 valence electrons. The van der Waals surface area contributed by atoms with E-state index in [1.165, 1.54) is 25.4 Å². The van der Waals surface area contributed by atoms with Gasteiger partial charge in [0.1, 0.15) is 12.1 Å². The van der Waals surface area contributed by atoms with Crippen molar-refractivity contribution in [2.75, 3.05) is 32.7 Å². The van der Waals surface area contributed by atoms with Crippen LogP contribution in [-0.4, -0.2) is 127 Å². The number of likely N-dealkylation sites (tertiary alicyclic amines) is 1. The SMILES string of the molecule is C[C@@H](Oc1cc(C(=O)NC(CCC(=O)O)C(=O)N2CCN(C(=O)O)CC2)nn1-c1ccccc1)C(=O)N1CCCC1C(=O)NC1CC1. The molecule has 0 bridgehead atoms. The van der Waals surface area contributed by atoms with E-state index in [1.54, 1.807) is 37.3 Å². The van der Waals surface area contributed by atoms with Gasteiger partial charge in [-0.1, -0.05) is 18.2 Å². The first-order chi connectivity index (χ1) is 22.5. The molecule has 16 heteroatoms. The fourth-order valence-electron chi connectivity index (χ4n) is 5.70. The number of hydrogen-bond acceptors (Lipinski definition) is 8. The number of nitrogens with one attached hydrogen (secondary N) is 2. The van der Waals surface area contributed by atoms with Crippen molar-refractivity contribution in [2.24, 2.45) is 0 Å². The van der Waals surface area contributed by atoms with E-state index in [2.05, 4.69) is 15.7 Å². The lowest BCUT2D eigenvalue weighted by molar-refractivity contribution is -0.143. The minimum Gasteiger partial charge on any atom is -0.481 e. The molecule has 1 aromatic carbocycles. The van der Waals surface area contributed by atoms with Crippen LogP contribution in [-0.2, 0) is 19.2 Å². The Labute approximate surface area is 270 Å². The molecular weight excluding hydrogens is 614 g/mol. The van der Waals surface area contributed by atoms with Gasteiger partial charge < -0.3 is 40.3 Å². The van der Waals surface area contributed by atoms with Crippen molar-refractivity contribution in [2.45, 2.75) is 69.7 Å². The number of amides is 5. The number of piperazine rings is 1. The third-order valence-electron chi connectivity index (χ3n) is 8.43. The average molecular weight is 654 g/mol. The molecule has 3 heterocycles. The van der Waals surface area contributed by atoms with Gasteiger partial charge in [-0.3, -0.25) is 24.0 Å². The number of carboxylic acid groups (broad SMARTS) is 2. The highest BCUT2D eigenvalue weighted by Crippen LogP contribution is 2.25. The first-order valence-corrected chi connectivity index (χ1v) is 15.7. The molecule has 5 amide bonds. The van der Waals surface area contributed by atoms with Crippen LogP contribution in [0.1, 0.15) is 55.9 Å². The number of rotatable bonds is 12. The molecule has 3 aliphatic rings. The lowest BCUT2D eigenvalue weighted by Crippen LogP contribution is -2.55. The van der Waals surface area contributed by atoms with E-state index < -0.39 is 48.5 Å². The van der Waals surface area contributed by atoms with E-state index in [-0.39, 0.29) is 62.0 Å². The Morgan fingerprint density at radius 3 is 2.26 bits per heavy atom. The molecular formula is C31H39N7O9. The first kappa shape index (κ1) is 33.2. The maximum atomic E-state index is 13.5. The predicted octanol–water partition coefficient (Wildman–Crippen LogP) is 0.695. The fraction of sp³-hybridized carbons (Fsp3) is 0.516. The largest absolute Gasteiger partial charge is 0.481 e. The van der Waals surface area contributed by atoms with Gasteiger partial charge in [-0.15, -0.1) is 0 Å². The Kier molecular flexibility index (Phi) is 10.3. The van der Waals surface area contributed by atoms with Crippen LogP contribution in [0.3, 0.4) is 0 Å². The van der Waals surface area contributed by atoms with Crippen molar-refractivity contribution in [3.05, 3.63) is 42.1 Å². The molecule has 1 saturated carbocycles. The molecule has 47 heavy (non-hydrogen) atoms. The van der Waals surface area contributed by atoms with Gasteiger partial charge in [0.2, 0.25) is 17.7 Å². The summed E-state index contributed by atoms with van der Waals surface area (Å²) in [5.74, 6) is -2.94. The number of benzene rings is 1. The van der Waals surface area contributed by atoms with Crippen molar-refractivity contribution in [3.63, 3.8) is 0 Å². The van der Waals surface area contributed by atoms with Crippen LogP contribution in [0.5, 0.6) is 5.88 Å². The Morgan fingerprint density at radius 1 is 0.936 bits per heavy atom. The summed E-state index contributed by atoms with van der Waals surface area (Å²) in [5.41, 5.74) is 0.383. The second-order valence-electron chi connectivity index (χ2n) is 11.9. The van der Waals surface area contributed by atoms with E-state index in [0.717, 1.165) is 12.8 Å². The predicted molar refractivity (Wildman–Crippen MR) is 164 cm³/mol. The maximum Gasteiger partial charge on any atom is 0.407 e. The smallest absolute Gasteiger partial charge is 0.407 e. The summed E-state index contributed by atoms with van der Waals surface area (Å²) >= 11 is 0. The zero-order valence-corrected chi connectivity index (χ0v) is 26.0. The van der Waals surface area contributed by atoms with E-state index in [4.69, 9.17) is 4.74 Å². The van der Waals surface area contributed by atoms with E-state index in [1.807, 2.05) is 0 Å². The number of carbonyl (C=O) groups is 6. The topological polar surface area (TPSA) is 204 Å². The fourth-order valence-corrected chi connectivity index (χ4v) is 5.70. The second kappa shape index (κ2) is 14.5. The number of ether oxygens (including phenoxy) is 1. The third kappa shape index (κ3) is 8.17. The van der Waals surface area contributed by atoms with Gasteiger partial charge >= 0.3 is 12.1 Å². The summed E-state index contributed by atoms with van der Waals surface area (Å²) in [7, 11) is 0. The molecule has 0 spiro atoms. The van der Waals surface area contributed by atoms with Crippen molar-refractivity contribution >= 4 is 35.7 Å². The minimum absolute atomic E-state index is 0.0681. The van der Waals surface area contributed by atoms with Gasteiger partial charge in [-0.05, 0) is 51.2 Å². The lowest BCUT2D eigenvalue weighted by atomic mass is 10.1. The molecule has 2 aliphatic heterocycles. The lowest BCUT2D eigenvalue weighted by Gasteiger charge is -2.35. The van der Waals surface area contributed by atoms with Crippen molar-refractivity contribution in [1.82, 2.24) is 35.1 Å². The molecule has 4 N–H and O–H groups in total. The van der Waals surface area contributed by atoms with Crippen LogP contribution in [0.4, 0.5) is 4.79 Å². The summed E-state index contributed by atoms with van der Waals surface area (Å²) in [6.45, 7) is 2.34. The number of carboxylic acids is 1. The normalized spacial score (nSPS) is 19.1. The number of carbonyl (C=O) groups excluding carboxylic acids is 4. The molecule has 5 rings (SSSR count). The quantitative estimate of drug-likeness (QED) is 0.252. The van der Waals surface area contributed by atoms with E-state index >= 15 is 0 Å². The van der Waals surface area contributed by atoms with Crippen LogP contribution in [0.15, 0.2) is 36.4 Å². The van der Waals surface area contributed by atoms with Gasteiger partial charge in [0.15, 0.2) is 11.8 Å². The molecule has 3 atom stereocenters. The summed E-state index contributed by atoms with van der Waals surface area (Å²) in [4.78, 5) is 79.8. The van der Waals surface area contributed by atoms with Gasteiger partial charge in [0.05, 0.1) is 5.69 Å². The number of aromatic nitrogens is 2. The Bertz CT molecular complexity index is 1500. The molecule has 2 aromatic rings. The van der Waals surface area contributed by atoms with Crippen molar-refractivity contribution in [1.29, 1.82) is 0 Å². The van der Waals surface area contributed by atoms with Crippen molar-refractivity contribution in [3.8, 4) is 11.6 Å². The standard InChI is InChI=1S/C31H39N7O9/c1-19(29(43)37-13-5-8-24(37)28(42)32-20-9-10-20)47-25-18-23(34-38(25)21-6-3-2-4-7-21)27(41)33-22(11-12-26(39)40)30(44)35-14-16-36(17-15-35)31(45)46/h2-4,6-7,18-20,22,24H,5,8-17H2,1H3,(H,32,42)(H,33,41)(H,39,40)(H,45,46)/t19-,22?,24?/m1/s1. The molecule has 16 nitrogen and oxygen atoms in total. The highest BCUT2D eigenvalue weighted by atomic mass is 16.5. The van der Waals surface area contributed by atoms with E-state index in [9.17, 15) is 39.0 Å². The third-order valence-corrected chi connectivity index (χ3v) is 8.43. The highest BCUT2D eigenvalue weighted by Gasteiger charge is 2.39. The van der Waals surface area contributed by atoms with Crippen molar-refractivity contribution < 1.29 is 43.7 Å². The zero-order valence-electron chi connectivity index (χ0n) is 26.0. The summed E-state index contributed by atoms with van der Waals surface area (Å²) in [5, 5.41) is 28.4. The average Bonchev–Trinajstić information content (AvgIpc) is 3.56. The Balaban J connectivity index is 1.32. The number of nitrogens with zero attached hydrogens (tertiary/aromatic N) is 5. The Hall–Kier alpha value is -5.15. The van der Waals surface area contributed by atoms with Gasteiger partial charge in [-0.25, -0.2) is 9.48 Å². The van der Waals surface area contributed by atoms with Gasteiger partial charge in [-0.2, -0.15) is 5.10 Å². The number of aliphatic carboxylic acids is 1. The molecule has 0 radical (unpaired) electrons. The monoisotopic (exact) mass is 653 g/mol. The summed E-state index contributed by atoms with van der Waals surface area (Å²) in [6, 6.07) is 8.46. The molecule has 2 saturated heterocycles. The number of para-hydroxylation sites is 1. The van der Waals surface area contributed by atoms with Crippen LogP contribution < -0.4 is 15.4 Å². The minimum atomic E-state index is -1.21. The summed E-state index contributed by atoms with van der Waals surface area (Å²) in [6.07, 6.45) is 0.384. The summed E-state index contributed by atoms with van der Waals surface area (Å²) < 4.78 is 7.42. The molecule has 1 aliphatic carbocycles. The zero-order chi connectivity index (χ0) is 33.7. The highest BCUT2D eigenvalue weighted by molar-refractivity contribution is 5.96. The van der Waals surface area contributed by atoms with Gasteiger partial charge in [0.25, 0.3) is 11.8 Å². The molecule has 2 unspecified atom stereocenters. The molecule has 3 fully saturated rings. The van der Waals surface area contributed by atoms with Crippen LogP contribution in [0, 0.1) is 0 Å². The van der Waals surface area contributed by atoms with Gasteiger partial charge in [0, 0.05) is 51.3 Å². The van der Waals surface area contributed by atoms with Crippen LogP contribution in [0.2, 0.25) is 0 Å². The van der Waals surface area contributed by atoms with Crippen LogP contribution in [0.25, 0.3) is 5.69 Å². The second-order valence-corrected chi connectivity index (χ2v) is 11.9. The van der Waals surface area contributed by atoms with E-state index in [0.29, 0.717) is 25.1 Å².